The smallest absolute Gasteiger partial charge is 0.0784 e. The predicted octanol–water partition coefficient (Wildman–Crippen LogP) is 1.02. The number of thiocarbonyl (C=S) groups is 1. The summed E-state index contributed by atoms with van der Waals surface area (Å²) in [6.07, 6.45) is 0.955. The highest BCUT2D eigenvalue weighted by Crippen LogP contribution is 2.20. The molecule has 0 aliphatic carbocycles. The van der Waals surface area contributed by atoms with Crippen LogP contribution in [0.25, 0.3) is 0 Å². The van der Waals surface area contributed by atoms with Crippen molar-refractivity contribution >= 4 is 17.2 Å². The summed E-state index contributed by atoms with van der Waals surface area (Å²) in [4.78, 5) is 2.88. The van der Waals surface area contributed by atoms with Crippen molar-refractivity contribution < 1.29 is 9.84 Å². The Labute approximate surface area is 110 Å². The fourth-order valence-electron chi connectivity index (χ4n) is 1.35. The van der Waals surface area contributed by atoms with Crippen molar-refractivity contribution in [1.29, 1.82) is 0 Å². The summed E-state index contributed by atoms with van der Waals surface area (Å²) in [5.74, 6) is 0. The van der Waals surface area contributed by atoms with Crippen LogP contribution in [0.15, 0.2) is 0 Å². The van der Waals surface area contributed by atoms with Gasteiger partial charge >= 0.3 is 0 Å². The number of aliphatic hydroxyl groups excluding tert-OH is 1. The predicted molar refractivity (Wildman–Crippen MR) is 75.2 cm³/mol. The maximum atomic E-state index is 8.59. The second kappa shape index (κ2) is 8.80. The van der Waals surface area contributed by atoms with Crippen molar-refractivity contribution in [3.63, 3.8) is 0 Å². The normalized spacial score (nSPS) is 12.1. The summed E-state index contributed by atoms with van der Waals surface area (Å²) in [5, 5.41) is 8.59. The van der Waals surface area contributed by atoms with Crippen LogP contribution in [0.1, 0.15) is 27.2 Å². The lowest BCUT2D eigenvalue weighted by molar-refractivity contribution is 0.0732. The number of hydrogen-bond acceptors (Lipinski definition) is 4. The monoisotopic (exact) mass is 262 g/mol. The van der Waals surface area contributed by atoms with Gasteiger partial charge in [-0.05, 0) is 19.5 Å². The maximum absolute atomic E-state index is 8.59. The molecule has 0 saturated carbocycles. The highest BCUT2D eigenvalue weighted by molar-refractivity contribution is 7.80. The summed E-state index contributed by atoms with van der Waals surface area (Å²) in [7, 11) is 0. The Bertz CT molecular complexity index is 223. The Morgan fingerprint density at radius 3 is 2.47 bits per heavy atom. The molecule has 0 amide bonds. The van der Waals surface area contributed by atoms with E-state index >= 15 is 0 Å². The van der Waals surface area contributed by atoms with E-state index in [1.807, 2.05) is 0 Å². The van der Waals surface area contributed by atoms with Gasteiger partial charge in [-0.25, -0.2) is 0 Å². The number of nitrogens with two attached hydrogens (primary N) is 1. The minimum Gasteiger partial charge on any atom is -0.394 e. The quantitative estimate of drug-likeness (QED) is 0.455. The molecule has 0 bridgehead atoms. The van der Waals surface area contributed by atoms with Gasteiger partial charge in [0.1, 0.15) is 0 Å². The SMILES string of the molecule is CCN(CCOCCO)CCC(C)(C)C(N)=S. The van der Waals surface area contributed by atoms with E-state index in [9.17, 15) is 0 Å². The minimum atomic E-state index is -0.0886. The van der Waals surface area contributed by atoms with Gasteiger partial charge in [0.2, 0.25) is 0 Å². The van der Waals surface area contributed by atoms with E-state index in [0.29, 0.717) is 18.2 Å². The Morgan fingerprint density at radius 1 is 1.35 bits per heavy atom. The lowest BCUT2D eigenvalue weighted by Crippen LogP contribution is -2.36. The van der Waals surface area contributed by atoms with Gasteiger partial charge < -0.3 is 20.5 Å². The molecular formula is C12H26N2O2S. The molecule has 0 fully saturated rings. The van der Waals surface area contributed by atoms with Gasteiger partial charge in [0.15, 0.2) is 0 Å². The van der Waals surface area contributed by atoms with Gasteiger partial charge in [0.05, 0.1) is 24.8 Å². The Kier molecular flexibility index (Phi) is 8.68. The zero-order valence-corrected chi connectivity index (χ0v) is 12.1. The van der Waals surface area contributed by atoms with Gasteiger partial charge in [-0.15, -0.1) is 0 Å². The van der Waals surface area contributed by atoms with Crippen LogP contribution in [-0.2, 0) is 4.74 Å². The molecule has 0 rings (SSSR count). The lowest BCUT2D eigenvalue weighted by atomic mass is 9.89. The van der Waals surface area contributed by atoms with Gasteiger partial charge in [0, 0.05) is 12.0 Å². The molecule has 0 aliphatic rings. The first-order valence-corrected chi connectivity index (χ1v) is 6.55. The molecule has 0 aromatic carbocycles. The molecule has 5 heteroatoms. The van der Waals surface area contributed by atoms with Crippen LogP contribution in [0.4, 0.5) is 0 Å². The van der Waals surface area contributed by atoms with Crippen molar-refractivity contribution in [3.8, 4) is 0 Å². The first kappa shape index (κ1) is 16.8. The second-order valence-electron chi connectivity index (χ2n) is 4.77. The van der Waals surface area contributed by atoms with E-state index in [4.69, 9.17) is 27.8 Å². The molecule has 0 heterocycles. The molecule has 0 aromatic heterocycles. The average Bonchev–Trinajstić information content (AvgIpc) is 2.28. The zero-order chi connectivity index (χ0) is 13.3. The van der Waals surface area contributed by atoms with E-state index in [2.05, 4.69) is 25.7 Å². The molecule has 0 aliphatic heterocycles. The van der Waals surface area contributed by atoms with E-state index in [-0.39, 0.29) is 12.0 Å². The zero-order valence-electron chi connectivity index (χ0n) is 11.2. The standard InChI is InChI=1S/C12H26N2O2S/c1-4-14(7-9-16-10-8-15)6-5-12(2,3)11(13)17/h15H,4-10H2,1-3H3,(H2,13,17). The third-order valence-corrected chi connectivity index (χ3v) is 3.51. The van der Waals surface area contributed by atoms with Crippen molar-refractivity contribution in [1.82, 2.24) is 4.90 Å². The van der Waals surface area contributed by atoms with E-state index in [0.717, 1.165) is 26.1 Å². The van der Waals surface area contributed by atoms with E-state index < -0.39 is 0 Å². The summed E-state index contributed by atoms with van der Waals surface area (Å²) < 4.78 is 5.25. The molecule has 0 radical (unpaired) electrons. The van der Waals surface area contributed by atoms with Crippen molar-refractivity contribution in [3.05, 3.63) is 0 Å². The van der Waals surface area contributed by atoms with Crippen LogP contribution in [0.3, 0.4) is 0 Å². The number of likely N-dealkylation sites (N-methyl/N-ethyl adjacent to an activating group) is 1. The largest absolute Gasteiger partial charge is 0.394 e. The molecule has 0 unspecified atom stereocenters. The lowest BCUT2D eigenvalue weighted by Gasteiger charge is -2.27. The molecule has 0 atom stereocenters. The summed E-state index contributed by atoms with van der Waals surface area (Å²) in [6.45, 7) is 10.2. The summed E-state index contributed by atoms with van der Waals surface area (Å²) >= 11 is 5.05. The van der Waals surface area contributed by atoms with Gasteiger partial charge in [-0.2, -0.15) is 0 Å². The van der Waals surface area contributed by atoms with Crippen LogP contribution in [0.5, 0.6) is 0 Å². The van der Waals surface area contributed by atoms with Gasteiger partial charge in [-0.3, -0.25) is 0 Å². The summed E-state index contributed by atoms with van der Waals surface area (Å²) in [6, 6.07) is 0. The van der Waals surface area contributed by atoms with Crippen LogP contribution < -0.4 is 5.73 Å². The van der Waals surface area contributed by atoms with Crippen LogP contribution in [-0.4, -0.2) is 54.4 Å². The van der Waals surface area contributed by atoms with E-state index in [1.165, 1.54) is 0 Å². The molecule has 0 saturated heterocycles. The molecule has 4 nitrogen and oxygen atoms in total. The average molecular weight is 262 g/mol. The Hall–Kier alpha value is -0.230. The fourth-order valence-corrected chi connectivity index (χ4v) is 1.45. The number of aliphatic hydroxyl groups is 1. The molecule has 17 heavy (non-hydrogen) atoms. The molecule has 3 N–H and O–H groups in total. The van der Waals surface area contributed by atoms with E-state index in [1.54, 1.807) is 0 Å². The second-order valence-corrected chi connectivity index (χ2v) is 5.21. The van der Waals surface area contributed by atoms with Gasteiger partial charge in [-0.1, -0.05) is 33.0 Å². The molecular weight excluding hydrogens is 236 g/mol. The highest BCUT2D eigenvalue weighted by Gasteiger charge is 2.21. The van der Waals surface area contributed by atoms with Crippen molar-refractivity contribution in [2.45, 2.75) is 27.2 Å². The summed E-state index contributed by atoms with van der Waals surface area (Å²) in [5.41, 5.74) is 5.61. The first-order chi connectivity index (χ1) is 7.94. The van der Waals surface area contributed by atoms with Crippen LogP contribution in [0, 0.1) is 5.41 Å². The van der Waals surface area contributed by atoms with Gasteiger partial charge in [0.25, 0.3) is 0 Å². The minimum absolute atomic E-state index is 0.0839. The fraction of sp³-hybridized carbons (Fsp3) is 0.917. The number of ether oxygens (including phenoxy) is 1. The highest BCUT2D eigenvalue weighted by atomic mass is 32.1. The number of rotatable bonds is 10. The topological polar surface area (TPSA) is 58.7 Å². The van der Waals surface area contributed by atoms with Crippen molar-refractivity contribution in [2.24, 2.45) is 11.1 Å². The Morgan fingerprint density at radius 2 is 2.00 bits per heavy atom. The maximum Gasteiger partial charge on any atom is 0.0784 e. The first-order valence-electron chi connectivity index (χ1n) is 6.15. The van der Waals surface area contributed by atoms with Crippen LogP contribution >= 0.6 is 12.2 Å². The molecule has 102 valence electrons. The third-order valence-electron chi connectivity index (χ3n) is 2.95. The number of nitrogens with zero attached hydrogens (tertiary/aromatic N) is 1. The third kappa shape index (κ3) is 7.65. The molecule has 0 spiro atoms. The number of hydrogen-bond donors (Lipinski definition) is 2. The van der Waals surface area contributed by atoms with Crippen molar-refractivity contribution in [2.75, 3.05) is 39.5 Å². The molecule has 0 aromatic rings. The van der Waals surface area contributed by atoms with Crippen LogP contribution in [0.2, 0.25) is 0 Å². The Balaban J connectivity index is 3.85.